The molecule has 7 heteroatoms. The maximum atomic E-state index is 13.3. The summed E-state index contributed by atoms with van der Waals surface area (Å²) in [4.78, 5) is 15.0. The van der Waals surface area contributed by atoms with Crippen LogP contribution in [0.1, 0.15) is 60.4 Å². The van der Waals surface area contributed by atoms with Crippen LogP contribution in [-0.2, 0) is 7.05 Å². The summed E-state index contributed by atoms with van der Waals surface area (Å²) in [6, 6.07) is 8.49. The molecule has 1 saturated heterocycles. The van der Waals surface area contributed by atoms with Crippen molar-refractivity contribution >= 4 is 18.3 Å². The fourth-order valence-corrected chi connectivity index (χ4v) is 3.46. The molecule has 1 N–H and O–H groups in total. The molecule has 1 aromatic heterocycles. The number of carbonyl (C=O) groups is 1. The zero-order chi connectivity index (χ0) is 18.7. The largest absolute Gasteiger partial charge is 0.349 e. The Balaban J connectivity index is 0.00000261. The van der Waals surface area contributed by atoms with Gasteiger partial charge < -0.3 is 5.32 Å². The van der Waals surface area contributed by atoms with Gasteiger partial charge in [-0.25, -0.2) is 4.39 Å². The van der Waals surface area contributed by atoms with Gasteiger partial charge >= 0.3 is 0 Å². The first-order valence-electron chi connectivity index (χ1n) is 9.27. The number of benzene rings is 1. The van der Waals surface area contributed by atoms with Gasteiger partial charge in [0.2, 0.25) is 0 Å². The van der Waals surface area contributed by atoms with Gasteiger partial charge in [0.15, 0.2) is 0 Å². The molecule has 148 valence electrons. The summed E-state index contributed by atoms with van der Waals surface area (Å²) < 4.78 is 14.9. The molecule has 1 aliphatic heterocycles. The molecular weight excluding hydrogens is 367 g/mol. The molecule has 1 amide bonds. The maximum Gasteiger partial charge on any atom is 0.269 e. The van der Waals surface area contributed by atoms with Crippen molar-refractivity contribution in [2.45, 2.75) is 38.6 Å². The van der Waals surface area contributed by atoms with Crippen molar-refractivity contribution in [2.24, 2.45) is 7.05 Å². The van der Waals surface area contributed by atoms with E-state index in [0.717, 1.165) is 37.2 Å². The molecule has 0 bridgehead atoms. The van der Waals surface area contributed by atoms with Crippen LogP contribution < -0.4 is 5.32 Å². The number of nitrogens with zero attached hydrogens (tertiary/aromatic N) is 3. The fourth-order valence-electron chi connectivity index (χ4n) is 3.46. The molecule has 1 fully saturated rings. The summed E-state index contributed by atoms with van der Waals surface area (Å²) in [5, 5.41) is 7.45. The van der Waals surface area contributed by atoms with Gasteiger partial charge in [-0.1, -0.05) is 26.0 Å². The molecule has 0 saturated carbocycles. The zero-order valence-corrected chi connectivity index (χ0v) is 16.9. The van der Waals surface area contributed by atoms with Gasteiger partial charge in [0.25, 0.3) is 5.91 Å². The lowest BCUT2D eigenvalue weighted by molar-refractivity contribution is 0.0928. The highest BCUT2D eigenvalue weighted by molar-refractivity contribution is 5.92. The topological polar surface area (TPSA) is 50.2 Å². The third-order valence-corrected chi connectivity index (χ3v) is 5.02. The van der Waals surface area contributed by atoms with Crippen molar-refractivity contribution in [3.8, 4) is 0 Å². The first-order chi connectivity index (χ1) is 12.5. The van der Waals surface area contributed by atoms with E-state index in [2.05, 4.69) is 29.2 Å². The molecule has 1 aliphatic rings. The Morgan fingerprint density at radius 2 is 1.85 bits per heavy atom. The third kappa shape index (κ3) is 5.08. The molecule has 5 nitrogen and oxygen atoms in total. The molecule has 0 spiro atoms. The highest BCUT2D eigenvalue weighted by atomic mass is 35.5. The number of carbonyl (C=O) groups excluding carboxylic acids is 1. The number of hydrogen-bond donors (Lipinski definition) is 1. The first-order valence-corrected chi connectivity index (χ1v) is 9.27. The van der Waals surface area contributed by atoms with Crippen molar-refractivity contribution < 1.29 is 9.18 Å². The summed E-state index contributed by atoms with van der Waals surface area (Å²) in [6.45, 7) is 6.61. The normalized spacial score (nSPS) is 15.6. The predicted octanol–water partition coefficient (Wildman–Crippen LogP) is 3.67. The molecule has 1 unspecified atom stereocenters. The fraction of sp³-hybridized carbons (Fsp3) is 0.500. The number of halogens is 2. The van der Waals surface area contributed by atoms with Crippen molar-refractivity contribution in [2.75, 3.05) is 19.6 Å². The predicted molar refractivity (Wildman–Crippen MR) is 107 cm³/mol. The van der Waals surface area contributed by atoms with Gasteiger partial charge in [0.05, 0.1) is 11.7 Å². The van der Waals surface area contributed by atoms with E-state index in [4.69, 9.17) is 0 Å². The lowest BCUT2D eigenvalue weighted by atomic mass is 10.1. The molecule has 1 aromatic carbocycles. The SMILES string of the molecule is CC(C)c1cc(C(=O)NCC(c2ccc(F)cc2)N2CCCC2)n(C)n1.Cl. The van der Waals surface area contributed by atoms with E-state index in [1.807, 2.05) is 18.2 Å². The van der Waals surface area contributed by atoms with Gasteiger partial charge in [-0.15, -0.1) is 12.4 Å². The first kappa shape index (κ1) is 21.4. The number of likely N-dealkylation sites (tertiary alicyclic amines) is 1. The Bertz CT molecular complexity index is 754. The van der Waals surface area contributed by atoms with Crippen molar-refractivity contribution in [1.82, 2.24) is 20.0 Å². The summed E-state index contributed by atoms with van der Waals surface area (Å²) in [5.41, 5.74) is 2.50. The molecule has 0 aliphatic carbocycles. The van der Waals surface area contributed by atoms with E-state index >= 15 is 0 Å². The van der Waals surface area contributed by atoms with E-state index in [0.29, 0.717) is 12.2 Å². The minimum atomic E-state index is -0.242. The van der Waals surface area contributed by atoms with Crippen LogP contribution in [0.3, 0.4) is 0 Å². The van der Waals surface area contributed by atoms with Gasteiger partial charge in [0.1, 0.15) is 11.5 Å². The molecule has 2 aromatic rings. The van der Waals surface area contributed by atoms with Crippen LogP contribution in [0.25, 0.3) is 0 Å². The van der Waals surface area contributed by atoms with Crippen LogP contribution in [0, 0.1) is 5.82 Å². The van der Waals surface area contributed by atoms with Crippen LogP contribution in [0.15, 0.2) is 30.3 Å². The van der Waals surface area contributed by atoms with E-state index < -0.39 is 0 Å². The average molecular weight is 395 g/mol. The van der Waals surface area contributed by atoms with Crippen LogP contribution >= 0.6 is 12.4 Å². The number of aryl methyl sites for hydroxylation is 1. The maximum absolute atomic E-state index is 13.3. The Labute approximate surface area is 166 Å². The minimum Gasteiger partial charge on any atom is -0.349 e. The second-order valence-electron chi connectivity index (χ2n) is 7.25. The van der Waals surface area contributed by atoms with E-state index in [9.17, 15) is 9.18 Å². The Morgan fingerprint density at radius 3 is 2.41 bits per heavy atom. The number of amides is 1. The average Bonchev–Trinajstić information content (AvgIpc) is 3.26. The van der Waals surface area contributed by atoms with Crippen molar-refractivity contribution in [3.05, 3.63) is 53.1 Å². The summed E-state index contributed by atoms with van der Waals surface area (Å²) in [6.07, 6.45) is 2.32. The van der Waals surface area contributed by atoms with Crippen LogP contribution in [0.4, 0.5) is 4.39 Å². The van der Waals surface area contributed by atoms with Crippen LogP contribution in [-0.4, -0.2) is 40.2 Å². The Kier molecular flexibility index (Phi) is 7.39. The van der Waals surface area contributed by atoms with E-state index in [1.165, 1.54) is 12.1 Å². The van der Waals surface area contributed by atoms with Gasteiger partial charge in [-0.3, -0.25) is 14.4 Å². The monoisotopic (exact) mass is 394 g/mol. The quantitative estimate of drug-likeness (QED) is 0.813. The third-order valence-electron chi connectivity index (χ3n) is 5.02. The van der Waals surface area contributed by atoms with Crippen LogP contribution in [0.2, 0.25) is 0 Å². The molecule has 1 atom stereocenters. The summed E-state index contributed by atoms with van der Waals surface area (Å²) in [5.74, 6) is -0.0911. The summed E-state index contributed by atoms with van der Waals surface area (Å²) in [7, 11) is 1.79. The second kappa shape index (κ2) is 9.33. The number of nitrogens with one attached hydrogen (secondary N) is 1. The molecule has 3 rings (SSSR count). The van der Waals surface area contributed by atoms with Crippen molar-refractivity contribution in [3.63, 3.8) is 0 Å². The molecule has 2 heterocycles. The lowest BCUT2D eigenvalue weighted by Crippen LogP contribution is -2.37. The van der Waals surface area contributed by atoms with E-state index in [-0.39, 0.29) is 36.1 Å². The number of hydrogen-bond acceptors (Lipinski definition) is 3. The standard InChI is InChI=1S/C20H27FN4O.ClH/c1-14(2)17-12-18(24(3)23-17)20(26)22-13-19(25-10-4-5-11-25)15-6-8-16(21)9-7-15;/h6-9,12,14,19H,4-5,10-11,13H2,1-3H3,(H,22,26);1H. The smallest absolute Gasteiger partial charge is 0.269 e. The molecular formula is C20H28ClFN4O. The zero-order valence-electron chi connectivity index (χ0n) is 16.1. The van der Waals surface area contributed by atoms with Gasteiger partial charge in [-0.2, -0.15) is 5.10 Å². The lowest BCUT2D eigenvalue weighted by Gasteiger charge is -2.28. The van der Waals surface area contributed by atoms with Gasteiger partial charge in [-0.05, 0) is 55.6 Å². The Hall–Kier alpha value is -1.92. The van der Waals surface area contributed by atoms with E-state index in [1.54, 1.807) is 11.7 Å². The minimum absolute atomic E-state index is 0. The highest BCUT2D eigenvalue weighted by Crippen LogP contribution is 2.25. The Morgan fingerprint density at radius 1 is 1.22 bits per heavy atom. The number of rotatable bonds is 6. The van der Waals surface area contributed by atoms with Gasteiger partial charge in [0, 0.05) is 13.6 Å². The molecule has 27 heavy (non-hydrogen) atoms. The second-order valence-corrected chi connectivity index (χ2v) is 7.25. The van der Waals surface area contributed by atoms with Crippen molar-refractivity contribution in [1.29, 1.82) is 0 Å². The summed E-state index contributed by atoms with van der Waals surface area (Å²) >= 11 is 0. The molecule has 0 radical (unpaired) electrons. The van der Waals surface area contributed by atoms with Crippen LogP contribution in [0.5, 0.6) is 0 Å². The number of aromatic nitrogens is 2. The highest BCUT2D eigenvalue weighted by Gasteiger charge is 2.25.